The van der Waals surface area contributed by atoms with Crippen LogP contribution in [0, 0.1) is 6.92 Å². The van der Waals surface area contributed by atoms with Gasteiger partial charge in [-0.15, -0.1) is 24.8 Å². The van der Waals surface area contributed by atoms with Gasteiger partial charge in [0, 0.05) is 39.3 Å². The van der Waals surface area contributed by atoms with E-state index < -0.39 is 10.0 Å². The Bertz CT molecular complexity index is 648. The molecule has 1 heterocycles. The summed E-state index contributed by atoms with van der Waals surface area (Å²) < 4.78 is 26.7. The number of likely N-dealkylation sites (N-methyl/N-ethyl adjacent to an activating group) is 1. The van der Waals surface area contributed by atoms with Gasteiger partial charge in [-0.05, 0) is 26.1 Å². The van der Waals surface area contributed by atoms with Gasteiger partial charge in [0.2, 0.25) is 15.9 Å². The molecule has 1 aromatic carbocycles. The quantitative estimate of drug-likeness (QED) is 0.619. The number of nitrogens with one attached hydrogen (secondary N) is 2. The summed E-state index contributed by atoms with van der Waals surface area (Å²) in [7, 11) is -1.62. The van der Waals surface area contributed by atoms with Crippen LogP contribution in [-0.4, -0.2) is 76.4 Å². The summed E-state index contributed by atoms with van der Waals surface area (Å²) in [6.45, 7) is 5.49. The molecule has 0 aromatic heterocycles. The fraction of sp³-hybridized carbons (Fsp3) is 0.562. The van der Waals surface area contributed by atoms with Gasteiger partial charge in [-0.1, -0.05) is 17.7 Å². The Morgan fingerprint density at radius 1 is 1.04 bits per heavy atom. The standard InChI is InChI=1S/C16H26N4O3S.2ClH/c1-14-3-5-15(6-4-14)24(22,23)20-11-9-19(10-12-20)13-16(21)18-8-7-17-2;;/h3-6,17H,7-13H2,1-2H3,(H,18,21);2*1H. The van der Waals surface area contributed by atoms with Crippen LogP contribution in [0.1, 0.15) is 5.56 Å². The summed E-state index contributed by atoms with van der Waals surface area (Å²) in [5.41, 5.74) is 1.03. The Morgan fingerprint density at radius 2 is 1.62 bits per heavy atom. The minimum Gasteiger partial charge on any atom is -0.354 e. The Balaban J connectivity index is 0.00000312. The molecule has 1 aliphatic heterocycles. The molecule has 0 atom stereocenters. The predicted molar refractivity (Wildman–Crippen MR) is 108 cm³/mol. The summed E-state index contributed by atoms with van der Waals surface area (Å²) in [5, 5.41) is 5.79. The third-order valence-corrected chi connectivity index (χ3v) is 5.97. The number of halogens is 2. The van der Waals surface area contributed by atoms with Crippen LogP contribution >= 0.6 is 24.8 Å². The highest BCUT2D eigenvalue weighted by Crippen LogP contribution is 2.18. The van der Waals surface area contributed by atoms with E-state index in [0.717, 1.165) is 12.1 Å². The van der Waals surface area contributed by atoms with E-state index in [0.29, 0.717) is 44.2 Å². The fourth-order valence-corrected chi connectivity index (χ4v) is 4.00. The number of piperazine rings is 1. The van der Waals surface area contributed by atoms with Crippen LogP contribution in [0.25, 0.3) is 0 Å². The van der Waals surface area contributed by atoms with Crippen molar-refractivity contribution in [1.82, 2.24) is 19.8 Å². The first-order valence-corrected chi connectivity index (χ1v) is 9.58. The van der Waals surface area contributed by atoms with Crippen molar-refractivity contribution in [3.05, 3.63) is 29.8 Å². The normalized spacial score (nSPS) is 15.6. The first-order chi connectivity index (χ1) is 11.4. The van der Waals surface area contributed by atoms with Crippen molar-refractivity contribution >= 4 is 40.7 Å². The van der Waals surface area contributed by atoms with E-state index in [9.17, 15) is 13.2 Å². The molecule has 1 fully saturated rings. The lowest BCUT2D eigenvalue weighted by Crippen LogP contribution is -2.51. The Hall–Kier alpha value is -0.900. The zero-order valence-corrected chi connectivity index (χ0v) is 17.6. The van der Waals surface area contributed by atoms with E-state index in [4.69, 9.17) is 0 Å². The maximum Gasteiger partial charge on any atom is 0.243 e. The highest BCUT2D eigenvalue weighted by molar-refractivity contribution is 7.89. The number of carbonyl (C=O) groups excluding carboxylic acids is 1. The Kier molecular flexibility index (Phi) is 11.3. The lowest BCUT2D eigenvalue weighted by Gasteiger charge is -2.33. The van der Waals surface area contributed by atoms with Gasteiger partial charge >= 0.3 is 0 Å². The van der Waals surface area contributed by atoms with E-state index in [1.54, 1.807) is 24.3 Å². The molecule has 7 nitrogen and oxygen atoms in total. The average molecular weight is 427 g/mol. The maximum absolute atomic E-state index is 12.6. The molecule has 1 aromatic rings. The van der Waals surface area contributed by atoms with Crippen LogP contribution in [-0.2, 0) is 14.8 Å². The molecule has 1 aliphatic rings. The largest absolute Gasteiger partial charge is 0.354 e. The average Bonchev–Trinajstić information content (AvgIpc) is 2.56. The number of aryl methyl sites for hydroxylation is 1. The molecule has 0 bridgehead atoms. The van der Waals surface area contributed by atoms with Gasteiger partial charge in [-0.25, -0.2) is 8.42 Å². The van der Waals surface area contributed by atoms with Gasteiger partial charge in [-0.2, -0.15) is 4.31 Å². The van der Waals surface area contributed by atoms with Crippen molar-refractivity contribution in [1.29, 1.82) is 0 Å². The smallest absolute Gasteiger partial charge is 0.243 e. The van der Waals surface area contributed by atoms with Crippen molar-refractivity contribution in [2.24, 2.45) is 0 Å². The van der Waals surface area contributed by atoms with Gasteiger partial charge < -0.3 is 10.6 Å². The van der Waals surface area contributed by atoms with Gasteiger partial charge in [0.25, 0.3) is 0 Å². The van der Waals surface area contributed by atoms with Gasteiger partial charge in [0.05, 0.1) is 11.4 Å². The van der Waals surface area contributed by atoms with Crippen molar-refractivity contribution in [2.45, 2.75) is 11.8 Å². The fourth-order valence-electron chi connectivity index (χ4n) is 2.57. The summed E-state index contributed by atoms with van der Waals surface area (Å²) >= 11 is 0. The second-order valence-electron chi connectivity index (χ2n) is 5.95. The van der Waals surface area contributed by atoms with Crippen LogP contribution < -0.4 is 10.6 Å². The van der Waals surface area contributed by atoms with Crippen molar-refractivity contribution in [3.8, 4) is 0 Å². The molecule has 1 amide bonds. The predicted octanol–water partition coefficient (Wildman–Crippen LogP) is 0.481. The topological polar surface area (TPSA) is 81.8 Å². The van der Waals surface area contributed by atoms with Crippen LogP contribution in [0.2, 0.25) is 0 Å². The molecule has 0 aliphatic carbocycles. The number of carbonyl (C=O) groups is 1. The number of nitrogens with zero attached hydrogens (tertiary/aromatic N) is 2. The molecule has 2 rings (SSSR count). The minimum atomic E-state index is -3.45. The molecule has 0 radical (unpaired) electrons. The number of hydrogen-bond donors (Lipinski definition) is 2. The van der Waals surface area contributed by atoms with Crippen molar-refractivity contribution in [3.63, 3.8) is 0 Å². The highest BCUT2D eigenvalue weighted by atomic mass is 35.5. The monoisotopic (exact) mass is 426 g/mol. The molecule has 0 saturated carbocycles. The lowest BCUT2D eigenvalue weighted by molar-refractivity contribution is -0.122. The van der Waals surface area contributed by atoms with Crippen LogP contribution in [0.4, 0.5) is 0 Å². The summed E-state index contributed by atoms with van der Waals surface area (Å²) in [4.78, 5) is 14.1. The van der Waals surface area contributed by atoms with E-state index in [-0.39, 0.29) is 30.7 Å². The van der Waals surface area contributed by atoms with E-state index >= 15 is 0 Å². The first kappa shape index (κ1) is 25.1. The lowest BCUT2D eigenvalue weighted by atomic mass is 10.2. The van der Waals surface area contributed by atoms with Gasteiger partial charge in [-0.3, -0.25) is 9.69 Å². The zero-order valence-electron chi connectivity index (χ0n) is 15.1. The molecule has 10 heteroatoms. The van der Waals surface area contributed by atoms with Crippen molar-refractivity contribution in [2.75, 3.05) is 52.9 Å². The van der Waals surface area contributed by atoms with Crippen LogP contribution in [0.5, 0.6) is 0 Å². The molecule has 0 spiro atoms. The minimum absolute atomic E-state index is 0. The van der Waals surface area contributed by atoms with Crippen LogP contribution in [0.3, 0.4) is 0 Å². The first-order valence-electron chi connectivity index (χ1n) is 8.14. The number of rotatable bonds is 7. The highest BCUT2D eigenvalue weighted by Gasteiger charge is 2.28. The summed E-state index contributed by atoms with van der Waals surface area (Å²) in [6, 6.07) is 6.90. The molecule has 150 valence electrons. The molecule has 26 heavy (non-hydrogen) atoms. The number of amides is 1. The summed E-state index contributed by atoms with van der Waals surface area (Å²) in [6.07, 6.45) is 0. The number of hydrogen-bond acceptors (Lipinski definition) is 5. The zero-order chi connectivity index (χ0) is 17.6. The molecule has 2 N–H and O–H groups in total. The molecule has 1 saturated heterocycles. The second kappa shape index (κ2) is 11.7. The Labute approximate surface area is 168 Å². The van der Waals surface area contributed by atoms with E-state index in [1.807, 2.05) is 18.9 Å². The summed E-state index contributed by atoms with van der Waals surface area (Å²) in [5.74, 6) is -0.0277. The van der Waals surface area contributed by atoms with Gasteiger partial charge in [0.15, 0.2) is 0 Å². The van der Waals surface area contributed by atoms with Gasteiger partial charge in [0.1, 0.15) is 0 Å². The Morgan fingerprint density at radius 3 is 2.15 bits per heavy atom. The SMILES string of the molecule is CNCCNC(=O)CN1CCN(S(=O)(=O)c2ccc(C)cc2)CC1.Cl.Cl. The number of sulfonamides is 1. The third kappa shape index (κ3) is 7.02. The van der Waals surface area contributed by atoms with Crippen LogP contribution in [0.15, 0.2) is 29.2 Å². The second-order valence-corrected chi connectivity index (χ2v) is 7.88. The molecular formula is C16H28Cl2N4O3S. The molecule has 0 unspecified atom stereocenters. The maximum atomic E-state index is 12.6. The van der Waals surface area contributed by atoms with E-state index in [2.05, 4.69) is 10.6 Å². The van der Waals surface area contributed by atoms with E-state index in [1.165, 1.54) is 4.31 Å². The third-order valence-electron chi connectivity index (χ3n) is 4.05. The number of benzene rings is 1. The molecular weight excluding hydrogens is 399 g/mol. The van der Waals surface area contributed by atoms with Crippen molar-refractivity contribution < 1.29 is 13.2 Å².